The zero-order chi connectivity index (χ0) is 10.6. The van der Waals surface area contributed by atoms with Gasteiger partial charge in [-0.05, 0) is 12.1 Å². The van der Waals surface area contributed by atoms with Crippen molar-refractivity contribution < 1.29 is 9.90 Å². The van der Waals surface area contributed by atoms with Crippen molar-refractivity contribution in [3.63, 3.8) is 0 Å². The van der Waals surface area contributed by atoms with Crippen LogP contribution in [0.3, 0.4) is 0 Å². The first kappa shape index (κ1) is 11.5. The number of alkyl halides is 2. The Balaban J connectivity index is 2.65. The van der Waals surface area contributed by atoms with Crippen molar-refractivity contribution in [1.29, 1.82) is 0 Å². The van der Waals surface area contributed by atoms with Crippen LogP contribution in [0.4, 0.5) is 5.69 Å². The minimum atomic E-state index is -0.273. The van der Waals surface area contributed by atoms with Crippen LogP contribution in [0.2, 0.25) is 0 Å². The number of halogens is 2. The monoisotopic (exact) mass is 321 g/mol. The largest absolute Gasteiger partial charge is 0.508 e. The van der Waals surface area contributed by atoms with Gasteiger partial charge in [0.15, 0.2) is 0 Å². The molecule has 1 atom stereocenters. The molecule has 0 fully saturated rings. The minimum Gasteiger partial charge on any atom is -0.508 e. The number of rotatable bonds is 3. The molecule has 1 rings (SSSR count). The fourth-order valence-electron chi connectivity index (χ4n) is 0.874. The lowest BCUT2D eigenvalue weighted by Crippen LogP contribution is -2.23. The molecule has 0 aromatic heterocycles. The average Bonchev–Trinajstić information content (AvgIpc) is 2.16. The smallest absolute Gasteiger partial charge is 0.239 e. The van der Waals surface area contributed by atoms with Gasteiger partial charge in [0, 0.05) is 17.1 Å². The van der Waals surface area contributed by atoms with E-state index in [-0.39, 0.29) is 16.5 Å². The van der Waals surface area contributed by atoms with Crippen molar-refractivity contribution in [1.82, 2.24) is 0 Å². The second-order valence-corrected chi connectivity index (χ2v) is 4.41. The predicted octanol–water partition coefficient (Wildman–Crippen LogP) is 2.49. The molecule has 14 heavy (non-hydrogen) atoms. The molecule has 2 N–H and O–H groups in total. The average molecular weight is 323 g/mol. The van der Waals surface area contributed by atoms with Crippen LogP contribution in [0.1, 0.15) is 0 Å². The number of amides is 1. The lowest BCUT2D eigenvalue weighted by molar-refractivity contribution is -0.115. The number of hydrogen-bond acceptors (Lipinski definition) is 2. The molecule has 0 saturated heterocycles. The van der Waals surface area contributed by atoms with E-state index < -0.39 is 0 Å². The summed E-state index contributed by atoms with van der Waals surface area (Å²) in [7, 11) is 0. The Morgan fingerprint density at radius 1 is 1.57 bits per heavy atom. The van der Waals surface area contributed by atoms with Crippen LogP contribution < -0.4 is 5.32 Å². The molecule has 0 saturated carbocycles. The number of nitrogens with one attached hydrogen (secondary N) is 1. The van der Waals surface area contributed by atoms with Crippen molar-refractivity contribution in [2.45, 2.75) is 4.83 Å². The van der Waals surface area contributed by atoms with Crippen molar-refractivity contribution in [3.05, 3.63) is 24.3 Å². The zero-order valence-electron chi connectivity index (χ0n) is 7.21. The molecule has 1 amide bonds. The summed E-state index contributed by atoms with van der Waals surface area (Å²) in [5.74, 6) is -0.0137. The summed E-state index contributed by atoms with van der Waals surface area (Å²) >= 11 is 6.38. The van der Waals surface area contributed by atoms with Gasteiger partial charge in [0.25, 0.3) is 0 Å². The highest BCUT2D eigenvalue weighted by Gasteiger charge is 2.12. The number of hydrogen-bond donors (Lipinski definition) is 2. The lowest BCUT2D eigenvalue weighted by atomic mass is 10.3. The van der Waals surface area contributed by atoms with Gasteiger partial charge in [0.2, 0.25) is 5.91 Å². The Bertz CT molecular complexity index is 330. The van der Waals surface area contributed by atoms with Gasteiger partial charge in [-0.2, -0.15) is 0 Å². The second kappa shape index (κ2) is 5.36. The standard InChI is InChI=1S/C9H9Br2NO2/c10-5-8(11)9(14)12-6-2-1-3-7(13)4-6/h1-4,8,13H,5H2,(H,12,14). The van der Waals surface area contributed by atoms with E-state index in [2.05, 4.69) is 37.2 Å². The minimum absolute atomic E-state index is 0.132. The molecule has 5 heteroatoms. The number of carbonyl (C=O) groups excluding carboxylic acids is 1. The number of aromatic hydroxyl groups is 1. The third-order valence-corrected chi connectivity index (χ3v) is 3.79. The van der Waals surface area contributed by atoms with E-state index in [4.69, 9.17) is 5.11 Å². The summed E-state index contributed by atoms with van der Waals surface area (Å²) in [5.41, 5.74) is 0.584. The van der Waals surface area contributed by atoms with Gasteiger partial charge in [-0.15, -0.1) is 0 Å². The summed E-state index contributed by atoms with van der Waals surface area (Å²) in [4.78, 5) is 11.1. The van der Waals surface area contributed by atoms with E-state index in [9.17, 15) is 4.79 Å². The van der Waals surface area contributed by atoms with E-state index >= 15 is 0 Å². The molecular weight excluding hydrogens is 314 g/mol. The summed E-state index contributed by atoms with van der Waals surface area (Å²) in [6.07, 6.45) is 0. The second-order valence-electron chi connectivity index (χ2n) is 2.66. The summed E-state index contributed by atoms with van der Waals surface area (Å²) < 4.78 is 0. The molecule has 0 aliphatic rings. The molecular formula is C9H9Br2NO2. The molecule has 3 nitrogen and oxygen atoms in total. The van der Waals surface area contributed by atoms with E-state index in [0.717, 1.165) is 0 Å². The summed E-state index contributed by atoms with van der Waals surface area (Å²) in [6.45, 7) is 0. The Morgan fingerprint density at radius 3 is 2.86 bits per heavy atom. The summed E-state index contributed by atoms with van der Waals surface area (Å²) in [6, 6.07) is 6.42. The molecule has 0 bridgehead atoms. The van der Waals surface area contributed by atoms with Gasteiger partial charge in [-0.25, -0.2) is 0 Å². The van der Waals surface area contributed by atoms with E-state index in [1.165, 1.54) is 6.07 Å². The Hall–Kier alpha value is -0.550. The van der Waals surface area contributed by atoms with Crippen molar-refractivity contribution in [2.24, 2.45) is 0 Å². The number of phenolic OH excluding ortho intramolecular Hbond substituents is 1. The van der Waals surface area contributed by atoms with Crippen LogP contribution in [0.15, 0.2) is 24.3 Å². The van der Waals surface area contributed by atoms with Crippen molar-refractivity contribution in [2.75, 3.05) is 10.6 Å². The Kier molecular flexibility index (Phi) is 4.41. The van der Waals surface area contributed by atoms with Gasteiger partial charge >= 0.3 is 0 Å². The highest BCUT2D eigenvalue weighted by atomic mass is 79.9. The van der Waals surface area contributed by atoms with Crippen LogP contribution in [-0.2, 0) is 4.79 Å². The van der Waals surface area contributed by atoms with Gasteiger partial charge in [0.05, 0.1) is 0 Å². The molecule has 0 aliphatic heterocycles. The lowest BCUT2D eigenvalue weighted by Gasteiger charge is -2.07. The van der Waals surface area contributed by atoms with Gasteiger partial charge < -0.3 is 10.4 Å². The molecule has 76 valence electrons. The van der Waals surface area contributed by atoms with E-state index in [0.29, 0.717) is 11.0 Å². The first-order valence-electron chi connectivity index (χ1n) is 3.93. The number of anilines is 1. The highest BCUT2D eigenvalue weighted by Crippen LogP contribution is 2.16. The number of benzene rings is 1. The SMILES string of the molecule is O=C(Nc1cccc(O)c1)C(Br)CBr. The quantitative estimate of drug-likeness (QED) is 0.840. The number of phenols is 1. The van der Waals surface area contributed by atoms with Gasteiger partial charge in [-0.1, -0.05) is 37.9 Å². The zero-order valence-corrected chi connectivity index (χ0v) is 10.4. The molecule has 1 unspecified atom stereocenters. The predicted molar refractivity (Wildman–Crippen MR) is 63.2 cm³/mol. The molecule has 0 heterocycles. The fraction of sp³-hybridized carbons (Fsp3) is 0.222. The highest BCUT2D eigenvalue weighted by molar-refractivity contribution is 9.12. The van der Waals surface area contributed by atoms with E-state index in [1.54, 1.807) is 18.2 Å². The maximum Gasteiger partial charge on any atom is 0.239 e. The maximum atomic E-state index is 11.4. The molecule has 1 aromatic carbocycles. The third-order valence-electron chi connectivity index (χ3n) is 1.53. The van der Waals surface area contributed by atoms with Gasteiger partial charge in [-0.3, -0.25) is 4.79 Å². The first-order valence-corrected chi connectivity index (χ1v) is 5.97. The van der Waals surface area contributed by atoms with Crippen LogP contribution >= 0.6 is 31.9 Å². The fourth-order valence-corrected chi connectivity index (χ4v) is 1.28. The molecule has 1 aromatic rings. The number of carbonyl (C=O) groups is 1. The topological polar surface area (TPSA) is 49.3 Å². The van der Waals surface area contributed by atoms with Crippen LogP contribution in [0.25, 0.3) is 0 Å². The summed E-state index contributed by atoms with van der Waals surface area (Å²) in [5, 5.41) is 12.3. The Labute approximate surface area is 98.8 Å². The van der Waals surface area contributed by atoms with Crippen molar-refractivity contribution in [3.8, 4) is 5.75 Å². The Morgan fingerprint density at radius 2 is 2.29 bits per heavy atom. The first-order chi connectivity index (χ1) is 6.63. The van der Waals surface area contributed by atoms with E-state index in [1.807, 2.05) is 0 Å². The van der Waals surface area contributed by atoms with Crippen LogP contribution in [0.5, 0.6) is 5.75 Å². The van der Waals surface area contributed by atoms with Gasteiger partial charge in [0.1, 0.15) is 10.6 Å². The normalized spacial score (nSPS) is 12.1. The van der Waals surface area contributed by atoms with Crippen LogP contribution in [0, 0.1) is 0 Å². The van der Waals surface area contributed by atoms with Crippen LogP contribution in [-0.4, -0.2) is 21.2 Å². The molecule has 0 aliphatic carbocycles. The molecule has 0 radical (unpaired) electrons. The molecule has 0 spiro atoms. The maximum absolute atomic E-state index is 11.4. The third kappa shape index (κ3) is 3.31. The van der Waals surface area contributed by atoms with Crippen molar-refractivity contribution >= 4 is 43.5 Å².